The fourth-order valence-corrected chi connectivity index (χ4v) is 2.02. The van der Waals surface area contributed by atoms with Gasteiger partial charge in [0, 0.05) is 0 Å². The smallest absolute Gasteiger partial charge is 0.373 e. The van der Waals surface area contributed by atoms with Gasteiger partial charge in [-0.25, -0.2) is 14.0 Å². The molecule has 0 atom stereocenters. The number of esters is 2. The maximum absolute atomic E-state index is 13.3. The third-order valence-electron chi connectivity index (χ3n) is 2.62. The highest BCUT2D eigenvalue weighted by Gasteiger charge is 2.17. The molecule has 0 saturated carbocycles. The summed E-state index contributed by atoms with van der Waals surface area (Å²) in [6, 6.07) is 4.82. The summed E-state index contributed by atoms with van der Waals surface area (Å²) in [4.78, 5) is 23.1. The molecule has 0 saturated heterocycles. The second-order valence-electron chi connectivity index (χ2n) is 4.08. The van der Waals surface area contributed by atoms with E-state index in [1.165, 1.54) is 19.2 Å². The van der Waals surface area contributed by atoms with E-state index >= 15 is 0 Å². The summed E-state index contributed by atoms with van der Waals surface area (Å²) in [6.45, 7) is -0.254. The molecule has 1 aromatic heterocycles. The molecule has 1 aromatic carbocycles. The molecule has 0 fully saturated rings. The van der Waals surface area contributed by atoms with Crippen LogP contribution in [-0.4, -0.2) is 19.0 Å². The molecule has 2 rings (SSSR count). The average Bonchev–Trinajstić information content (AvgIpc) is 2.96. The van der Waals surface area contributed by atoms with Crippen LogP contribution in [0.2, 0.25) is 10.0 Å². The van der Waals surface area contributed by atoms with Gasteiger partial charge >= 0.3 is 11.9 Å². The lowest BCUT2D eigenvalue weighted by molar-refractivity contribution is 0.0438. The van der Waals surface area contributed by atoms with Gasteiger partial charge in [0.05, 0.1) is 22.7 Å². The van der Waals surface area contributed by atoms with Crippen LogP contribution in [0.5, 0.6) is 0 Å². The van der Waals surface area contributed by atoms with Gasteiger partial charge in [-0.05, 0) is 24.3 Å². The van der Waals surface area contributed by atoms with Crippen LogP contribution < -0.4 is 0 Å². The predicted molar refractivity (Wildman–Crippen MR) is 75.6 cm³/mol. The summed E-state index contributed by atoms with van der Waals surface area (Å²) in [5.41, 5.74) is -0.164. The zero-order valence-corrected chi connectivity index (χ0v) is 12.7. The van der Waals surface area contributed by atoms with Crippen LogP contribution in [-0.2, 0) is 16.1 Å². The van der Waals surface area contributed by atoms with Crippen molar-refractivity contribution in [3.8, 4) is 0 Å². The average molecular weight is 347 g/mol. The number of rotatable bonds is 4. The Morgan fingerprint density at radius 3 is 2.59 bits per heavy atom. The maximum Gasteiger partial charge on any atom is 0.373 e. The van der Waals surface area contributed by atoms with Gasteiger partial charge in [-0.15, -0.1) is 0 Å². The van der Waals surface area contributed by atoms with E-state index in [1.807, 2.05) is 0 Å². The summed E-state index contributed by atoms with van der Waals surface area (Å²) in [5, 5.41) is -0.235. The molecular formula is C14H9Cl2FO5. The van der Waals surface area contributed by atoms with Crippen molar-refractivity contribution in [2.24, 2.45) is 0 Å². The van der Waals surface area contributed by atoms with Gasteiger partial charge in [0.2, 0.25) is 5.76 Å². The van der Waals surface area contributed by atoms with Gasteiger partial charge in [0.15, 0.2) is 0 Å². The summed E-state index contributed by atoms with van der Waals surface area (Å²) in [5.74, 6) is -2.09. The number of hydrogen-bond donors (Lipinski definition) is 0. The summed E-state index contributed by atoms with van der Waals surface area (Å²) in [7, 11) is 1.21. The fraction of sp³-hybridized carbons (Fsp3) is 0.143. The van der Waals surface area contributed by atoms with Crippen LogP contribution in [0.3, 0.4) is 0 Å². The minimum atomic E-state index is -0.850. The molecule has 0 N–H and O–H groups in total. The van der Waals surface area contributed by atoms with Crippen molar-refractivity contribution >= 4 is 35.1 Å². The van der Waals surface area contributed by atoms with Gasteiger partial charge in [-0.2, -0.15) is 0 Å². The number of hydrogen-bond acceptors (Lipinski definition) is 5. The monoisotopic (exact) mass is 346 g/mol. The first-order valence-corrected chi connectivity index (χ1v) is 6.66. The third-order valence-corrected chi connectivity index (χ3v) is 3.23. The molecule has 0 radical (unpaired) electrons. The van der Waals surface area contributed by atoms with Gasteiger partial charge < -0.3 is 13.9 Å². The van der Waals surface area contributed by atoms with Crippen LogP contribution in [0.4, 0.5) is 4.39 Å². The largest absolute Gasteiger partial charge is 0.463 e. The Hall–Kier alpha value is -2.05. The Kier molecular flexibility index (Phi) is 5.05. The van der Waals surface area contributed by atoms with Crippen LogP contribution in [0.1, 0.15) is 26.7 Å². The van der Waals surface area contributed by atoms with E-state index in [2.05, 4.69) is 4.74 Å². The molecular weight excluding hydrogens is 338 g/mol. The number of methoxy groups -OCH3 is 1. The first kappa shape index (κ1) is 16.3. The highest BCUT2D eigenvalue weighted by atomic mass is 35.5. The Balaban J connectivity index is 2.05. The molecule has 22 heavy (non-hydrogen) atoms. The lowest BCUT2D eigenvalue weighted by Gasteiger charge is -2.06. The lowest BCUT2D eigenvalue weighted by atomic mass is 10.2. The standard InChI is InChI=1S/C14H9Cl2FO5/c1-20-14(19)12-3-2-7(22-12)6-21-13(18)8-4-11(17)10(16)5-9(8)15/h2-5H,6H2,1H3. The molecule has 8 heteroatoms. The maximum atomic E-state index is 13.3. The van der Waals surface area contributed by atoms with Crippen LogP contribution in [0.15, 0.2) is 28.7 Å². The van der Waals surface area contributed by atoms with E-state index in [1.54, 1.807) is 0 Å². The van der Waals surface area contributed by atoms with E-state index in [4.69, 9.17) is 32.4 Å². The highest BCUT2D eigenvalue weighted by molar-refractivity contribution is 6.36. The fourth-order valence-electron chi connectivity index (χ4n) is 1.56. The Morgan fingerprint density at radius 2 is 1.91 bits per heavy atom. The van der Waals surface area contributed by atoms with Crippen molar-refractivity contribution in [3.63, 3.8) is 0 Å². The zero-order valence-electron chi connectivity index (χ0n) is 11.2. The molecule has 1 heterocycles. The Labute approximate surface area is 134 Å². The SMILES string of the molecule is COC(=O)c1ccc(COC(=O)c2cc(F)c(Cl)cc2Cl)o1. The van der Waals surface area contributed by atoms with E-state index in [-0.39, 0.29) is 33.7 Å². The van der Waals surface area contributed by atoms with E-state index < -0.39 is 17.8 Å². The van der Waals surface area contributed by atoms with Crippen molar-refractivity contribution in [1.29, 1.82) is 0 Å². The van der Waals surface area contributed by atoms with Gasteiger partial charge in [-0.1, -0.05) is 23.2 Å². The minimum absolute atomic E-state index is 0.0240. The first-order valence-electron chi connectivity index (χ1n) is 5.91. The molecule has 0 unspecified atom stereocenters. The van der Waals surface area contributed by atoms with Gasteiger partial charge in [0.1, 0.15) is 18.2 Å². The number of ether oxygens (including phenoxy) is 2. The van der Waals surface area contributed by atoms with Crippen LogP contribution in [0.25, 0.3) is 0 Å². The van der Waals surface area contributed by atoms with E-state index in [9.17, 15) is 14.0 Å². The molecule has 5 nitrogen and oxygen atoms in total. The lowest BCUT2D eigenvalue weighted by Crippen LogP contribution is -2.06. The molecule has 0 bridgehead atoms. The Morgan fingerprint density at radius 1 is 1.18 bits per heavy atom. The third kappa shape index (κ3) is 3.58. The summed E-state index contributed by atoms with van der Waals surface area (Å²) >= 11 is 11.3. The number of carbonyl (C=O) groups excluding carboxylic acids is 2. The molecule has 0 amide bonds. The van der Waals surface area contributed by atoms with Crippen molar-refractivity contribution < 1.29 is 27.9 Å². The first-order chi connectivity index (χ1) is 10.4. The number of halogens is 3. The van der Waals surface area contributed by atoms with Crippen LogP contribution >= 0.6 is 23.2 Å². The van der Waals surface area contributed by atoms with Crippen molar-refractivity contribution in [3.05, 3.63) is 57.2 Å². The van der Waals surface area contributed by atoms with Crippen LogP contribution in [0, 0.1) is 5.82 Å². The number of carbonyl (C=O) groups is 2. The van der Waals surface area contributed by atoms with Crippen molar-refractivity contribution in [1.82, 2.24) is 0 Å². The molecule has 116 valence electrons. The number of benzene rings is 1. The molecule has 0 aliphatic heterocycles. The summed E-state index contributed by atoms with van der Waals surface area (Å²) < 4.78 is 27.9. The van der Waals surface area contributed by atoms with E-state index in [0.717, 1.165) is 12.1 Å². The molecule has 0 aliphatic carbocycles. The normalized spacial score (nSPS) is 10.4. The van der Waals surface area contributed by atoms with E-state index in [0.29, 0.717) is 0 Å². The minimum Gasteiger partial charge on any atom is -0.463 e. The summed E-state index contributed by atoms with van der Waals surface area (Å²) in [6.07, 6.45) is 0. The highest BCUT2D eigenvalue weighted by Crippen LogP contribution is 2.25. The van der Waals surface area contributed by atoms with Gasteiger partial charge in [-0.3, -0.25) is 0 Å². The van der Waals surface area contributed by atoms with Crippen molar-refractivity contribution in [2.45, 2.75) is 6.61 Å². The zero-order chi connectivity index (χ0) is 16.3. The topological polar surface area (TPSA) is 65.7 Å². The van der Waals surface area contributed by atoms with Gasteiger partial charge in [0.25, 0.3) is 0 Å². The molecule has 0 spiro atoms. The Bertz CT molecular complexity index is 726. The predicted octanol–water partition coefficient (Wildman–Crippen LogP) is 3.87. The molecule has 0 aliphatic rings. The molecule has 2 aromatic rings. The van der Waals surface area contributed by atoms with Crippen molar-refractivity contribution in [2.75, 3.05) is 7.11 Å². The second-order valence-corrected chi connectivity index (χ2v) is 4.89. The quantitative estimate of drug-likeness (QED) is 0.621. The second kappa shape index (κ2) is 6.81. The number of furan rings is 1.